The standard InChI is InChI=1S/C15H11BrO3S2/c16-9-6-11-10(18-2-3-19-11)5-8(9)15(17)14-7-13-12(21-14)1-4-20-13/h1,4-7,15,17H,2-3H2. The third-order valence-corrected chi connectivity index (χ3v) is 6.22. The van der Waals surface area contributed by atoms with Gasteiger partial charge in [0.1, 0.15) is 19.3 Å². The highest BCUT2D eigenvalue weighted by Gasteiger charge is 2.21. The van der Waals surface area contributed by atoms with Crippen LogP contribution in [0.25, 0.3) is 9.40 Å². The first kappa shape index (κ1) is 13.6. The number of halogens is 1. The lowest BCUT2D eigenvalue weighted by Gasteiger charge is -2.21. The Morgan fingerprint density at radius 3 is 2.62 bits per heavy atom. The highest BCUT2D eigenvalue weighted by molar-refractivity contribution is 9.10. The second kappa shape index (κ2) is 5.28. The number of rotatable bonds is 2. The Bertz CT molecular complexity index is 780. The lowest BCUT2D eigenvalue weighted by atomic mass is 10.1. The van der Waals surface area contributed by atoms with E-state index in [1.54, 1.807) is 22.7 Å². The molecule has 2 aromatic heterocycles. The van der Waals surface area contributed by atoms with Gasteiger partial charge in [-0.15, -0.1) is 22.7 Å². The van der Waals surface area contributed by atoms with Crippen LogP contribution in [0.4, 0.5) is 0 Å². The normalized spacial score (nSPS) is 15.3. The number of hydrogen-bond donors (Lipinski definition) is 1. The minimum atomic E-state index is -0.667. The zero-order chi connectivity index (χ0) is 14.4. The van der Waals surface area contributed by atoms with Crippen molar-refractivity contribution in [1.82, 2.24) is 0 Å². The third kappa shape index (κ3) is 2.36. The fourth-order valence-corrected chi connectivity index (χ4v) is 5.03. The molecule has 3 aromatic rings. The Balaban J connectivity index is 1.76. The lowest BCUT2D eigenvalue weighted by Crippen LogP contribution is -2.16. The van der Waals surface area contributed by atoms with Crippen molar-refractivity contribution in [3.63, 3.8) is 0 Å². The summed E-state index contributed by atoms with van der Waals surface area (Å²) in [5.74, 6) is 1.41. The van der Waals surface area contributed by atoms with Crippen molar-refractivity contribution in [3.05, 3.63) is 44.6 Å². The molecule has 0 bridgehead atoms. The maximum Gasteiger partial charge on any atom is 0.162 e. The van der Waals surface area contributed by atoms with Gasteiger partial charge < -0.3 is 14.6 Å². The van der Waals surface area contributed by atoms with Gasteiger partial charge in [-0.1, -0.05) is 15.9 Å². The van der Waals surface area contributed by atoms with Crippen LogP contribution in [-0.2, 0) is 0 Å². The van der Waals surface area contributed by atoms with Crippen molar-refractivity contribution in [2.45, 2.75) is 6.10 Å². The first-order chi connectivity index (χ1) is 10.2. The van der Waals surface area contributed by atoms with Gasteiger partial charge >= 0.3 is 0 Å². The highest BCUT2D eigenvalue weighted by Crippen LogP contribution is 2.42. The maximum atomic E-state index is 10.7. The number of hydrogen-bond acceptors (Lipinski definition) is 5. The largest absolute Gasteiger partial charge is 0.486 e. The van der Waals surface area contributed by atoms with Gasteiger partial charge in [-0.05, 0) is 29.6 Å². The van der Waals surface area contributed by atoms with E-state index in [1.807, 2.05) is 12.1 Å². The molecule has 1 aliphatic rings. The second-order valence-corrected chi connectivity index (χ2v) is 7.64. The number of fused-ring (bicyclic) bond motifs is 2. The number of ether oxygens (including phenoxy) is 2. The molecular formula is C15H11BrO3S2. The summed E-state index contributed by atoms with van der Waals surface area (Å²) >= 11 is 6.83. The number of aliphatic hydroxyl groups excluding tert-OH is 1. The van der Waals surface area contributed by atoms with Gasteiger partial charge in [0.25, 0.3) is 0 Å². The molecule has 6 heteroatoms. The first-order valence-electron chi connectivity index (χ1n) is 6.46. The Hall–Kier alpha value is -1.08. The van der Waals surface area contributed by atoms with Gasteiger partial charge in [-0.3, -0.25) is 0 Å². The molecule has 3 nitrogen and oxygen atoms in total. The van der Waals surface area contributed by atoms with Crippen molar-refractivity contribution < 1.29 is 14.6 Å². The topological polar surface area (TPSA) is 38.7 Å². The van der Waals surface area contributed by atoms with Crippen LogP contribution in [0.5, 0.6) is 11.5 Å². The van der Waals surface area contributed by atoms with E-state index in [0.29, 0.717) is 19.0 Å². The predicted octanol–water partition coefficient (Wildman–Crippen LogP) is 4.58. The van der Waals surface area contributed by atoms with Crippen molar-refractivity contribution in [3.8, 4) is 11.5 Å². The average Bonchev–Trinajstić information content (AvgIpc) is 3.07. The fourth-order valence-electron chi connectivity index (χ4n) is 2.36. The van der Waals surface area contributed by atoms with Crippen LogP contribution in [0.15, 0.2) is 34.1 Å². The maximum absolute atomic E-state index is 10.7. The molecule has 0 radical (unpaired) electrons. The molecule has 1 N–H and O–H groups in total. The molecule has 0 saturated heterocycles. The van der Waals surface area contributed by atoms with Crippen LogP contribution in [0.1, 0.15) is 16.5 Å². The lowest BCUT2D eigenvalue weighted by molar-refractivity contribution is 0.169. The van der Waals surface area contributed by atoms with Crippen molar-refractivity contribution >= 4 is 48.0 Å². The minimum Gasteiger partial charge on any atom is -0.486 e. The SMILES string of the molecule is OC(c1cc2sccc2s1)c1cc2c(cc1Br)OCCO2. The van der Waals surface area contributed by atoms with Gasteiger partial charge in [0.2, 0.25) is 0 Å². The quantitative estimate of drug-likeness (QED) is 0.704. The zero-order valence-corrected chi connectivity index (χ0v) is 14.1. The molecule has 1 unspecified atom stereocenters. The van der Waals surface area contributed by atoms with E-state index in [9.17, 15) is 5.11 Å². The molecule has 0 saturated carbocycles. The molecule has 0 amide bonds. The molecule has 1 aliphatic heterocycles. The van der Waals surface area contributed by atoms with Crippen LogP contribution < -0.4 is 9.47 Å². The van der Waals surface area contributed by atoms with E-state index in [4.69, 9.17) is 9.47 Å². The summed E-state index contributed by atoms with van der Waals surface area (Å²) < 4.78 is 14.4. The van der Waals surface area contributed by atoms with Crippen molar-refractivity contribution in [1.29, 1.82) is 0 Å². The summed E-state index contributed by atoms with van der Waals surface area (Å²) in [4.78, 5) is 0.939. The van der Waals surface area contributed by atoms with Crippen LogP contribution >= 0.6 is 38.6 Å². The minimum absolute atomic E-state index is 0.541. The summed E-state index contributed by atoms with van der Waals surface area (Å²) in [7, 11) is 0. The van der Waals surface area contributed by atoms with Gasteiger partial charge in [0.05, 0.1) is 0 Å². The van der Waals surface area contributed by atoms with Crippen LogP contribution in [0.2, 0.25) is 0 Å². The summed E-state index contributed by atoms with van der Waals surface area (Å²) in [6.07, 6.45) is -0.667. The van der Waals surface area contributed by atoms with E-state index in [2.05, 4.69) is 33.4 Å². The summed E-state index contributed by atoms with van der Waals surface area (Å²) in [5, 5.41) is 12.7. The van der Waals surface area contributed by atoms with Gasteiger partial charge in [-0.2, -0.15) is 0 Å². The smallest absolute Gasteiger partial charge is 0.162 e. The molecule has 1 aromatic carbocycles. The average molecular weight is 383 g/mol. The molecule has 0 fully saturated rings. The Kier molecular flexibility index (Phi) is 3.41. The molecule has 108 valence electrons. The number of thiophene rings is 2. The van der Waals surface area contributed by atoms with Crippen molar-refractivity contribution in [2.75, 3.05) is 13.2 Å². The molecule has 0 spiro atoms. The molecular weight excluding hydrogens is 372 g/mol. The van der Waals surface area contributed by atoms with Crippen LogP contribution in [-0.4, -0.2) is 18.3 Å². The Labute approximate surface area is 137 Å². The number of aliphatic hydroxyl groups is 1. The molecule has 1 atom stereocenters. The van der Waals surface area contributed by atoms with Gasteiger partial charge in [-0.25, -0.2) is 0 Å². The van der Waals surface area contributed by atoms with Gasteiger partial charge in [0.15, 0.2) is 11.5 Å². The van der Waals surface area contributed by atoms with Gasteiger partial charge in [0, 0.05) is 24.3 Å². The zero-order valence-electron chi connectivity index (χ0n) is 10.8. The van der Waals surface area contributed by atoms with E-state index in [-0.39, 0.29) is 0 Å². The second-order valence-electron chi connectivity index (χ2n) is 4.72. The monoisotopic (exact) mass is 382 g/mol. The summed E-state index contributed by atoms with van der Waals surface area (Å²) in [6.45, 7) is 1.10. The third-order valence-electron chi connectivity index (χ3n) is 3.38. The van der Waals surface area contributed by atoms with E-state index in [1.165, 1.54) is 9.40 Å². The Morgan fingerprint density at radius 1 is 1.10 bits per heavy atom. The predicted molar refractivity (Wildman–Crippen MR) is 88.9 cm³/mol. The van der Waals surface area contributed by atoms with E-state index < -0.39 is 6.10 Å². The highest BCUT2D eigenvalue weighted by atomic mass is 79.9. The van der Waals surface area contributed by atoms with Crippen molar-refractivity contribution in [2.24, 2.45) is 0 Å². The number of benzene rings is 1. The first-order valence-corrected chi connectivity index (χ1v) is 8.95. The molecule has 0 aliphatic carbocycles. The fraction of sp³-hybridized carbons (Fsp3) is 0.200. The molecule has 4 rings (SSSR count). The molecule has 21 heavy (non-hydrogen) atoms. The molecule has 3 heterocycles. The Morgan fingerprint density at radius 2 is 1.86 bits per heavy atom. The van der Waals surface area contributed by atoms with E-state index >= 15 is 0 Å². The van der Waals surface area contributed by atoms with Crippen LogP contribution in [0, 0.1) is 0 Å². The summed E-state index contributed by atoms with van der Waals surface area (Å²) in [6, 6.07) is 7.86. The van der Waals surface area contributed by atoms with Crippen LogP contribution in [0.3, 0.4) is 0 Å². The van der Waals surface area contributed by atoms with E-state index in [0.717, 1.165) is 20.7 Å². The summed E-state index contributed by atoms with van der Waals surface area (Å²) in [5.41, 5.74) is 0.799.